The Morgan fingerprint density at radius 1 is 1.32 bits per heavy atom. The molecule has 0 spiro atoms. The number of likely N-dealkylation sites (N-methyl/N-ethyl adjacent to an activating group) is 1. The van der Waals surface area contributed by atoms with E-state index in [1.807, 2.05) is 12.1 Å². The summed E-state index contributed by atoms with van der Waals surface area (Å²) in [6.45, 7) is 4.40. The largest absolute Gasteiger partial charge is 0.490 e. The maximum atomic E-state index is 6.47. The molecule has 1 aromatic carbocycles. The van der Waals surface area contributed by atoms with Crippen LogP contribution in [0.3, 0.4) is 0 Å². The molecule has 0 heterocycles. The molecule has 1 aliphatic carbocycles. The Morgan fingerprint density at radius 3 is 2.32 bits per heavy atom. The van der Waals surface area contributed by atoms with Crippen LogP contribution in [0.2, 0.25) is 0 Å². The Labute approximate surface area is 116 Å². The van der Waals surface area contributed by atoms with E-state index in [0.717, 1.165) is 12.2 Å². The molecule has 0 radical (unpaired) electrons. The fourth-order valence-electron chi connectivity index (χ4n) is 2.31. The summed E-state index contributed by atoms with van der Waals surface area (Å²) >= 11 is 0. The summed E-state index contributed by atoms with van der Waals surface area (Å²) in [5.74, 6) is 0.960. The summed E-state index contributed by atoms with van der Waals surface area (Å²) in [7, 11) is 4.18. The average Bonchev–Trinajstić information content (AvgIpc) is 3.21. The number of ether oxygens (including phenoxy) is 1. The van der Waals surface area contributed by atoms with Crippen LogP contribution in [0.4, 0.5) is 0 Å². The van der Waals surface area contributed by atoms with E-state index < -0.39 is 0 Å². The molecule has 3 nitrogen and oxygen atoms in total. The molecule has 2 atom stereocenters. The van der Waals surface area contributed by atoms with Gasteiger partial charge in [-0.3, -0.25) is 0 Å². The SMILES string of the molecule is CCC(C)(C(N)c1ccc(OC2CC2)cc1)N(C)C. The molecule has 3 heteroatoms. The minimum absolute atomic E-state index is 0.00229. The highest BCUT2D eigenvalue weighted by Crippen LogP contribution is 2.32. The van der Waals surface area contributed by atoms with Crippen molar-refractivity contribution in [1.29, 1.82) is 0 Å². The Morgan fingerprint density at radius 2 is 1.89 bits per heavy atom. The quantitative estimate of drug-likeness (QED) is 0.856. The molecule has 1 aromatic rings. The molecule has 1 saturated carbocycles. The molecule has 2 unspecified atom stereocenters. The van der Waals surface area contributed by atoms with Gasteiger partial charge in [-0.2, -0.15) is 0 Å². The molecule has 19 heavy (non-hydrogen) atoms. The van der Waals surface area contributed by atoms with Gasteiger partial charge >= 0.3 is 0 Å². The van der Waals surface area contributed by atoms with Crippen LogP contribution in [0, 0.1) is 0 Å². The van der Waals surface area contributed by atoms with Crippen molar-refractivity contribution in [3.8, 4) is 5.75 Å². The lowest BCUT2D eigenvalue weighted by molar-refractivity contribution is 0.132. The summed E-state index contributed by atoms with van der Waals surface area (Å²) in [5.41, 5.74) is 7.61. The Kier molecular flexibility index (Phi) is 4.16. The van der Waals surface area contributed by atoms with Gasteiger partial charge in [-0.25, -0.2) is 0 Å². The first kappa shape index (κ1) is 14.4. The van der Waals surface area contributed by atoms with Gasteiger partial charge in [-0.05, 0) is 58.0 Å². The van der Waals surface area contributed by atoms with Crippen molar-refractivity contribution >= 4 is 0 Å². The standard InChI is InChI=1S/C16H26N2O/c1-5-16(2,18(3)4)15(17)12-6-8-13(9-7-12)19-14-10-11-14/h6-9,14-15H,5,10-11,17H2,1-4H3. The van der Waals surface area contributed by atoms with E-state index in [-0.39, 0.29) is 11.6 Å². The summed E-state index contributed by atoms with van der Waals surface area (Å²) < 4.78 is 5.77. The van der Waals surface area contributed by atoms with E-state index >= 15 is 0 Å². The van der Waals surface area contributed by atoms with Gasteiger partial charge in [0.2, 0.25) is 0 Å². The molecular weight excluding hydrogens is 236 g/mol. The topological polar surface area (TPSA) is 38.5 Å². The van der Waals surface area contributed by atoms with Crippen LogP contribution in [-0.4, -0.2) is 30.6 Å². The van der Waals surface area contributed by atoms with Crippen LogP contribution in [0.1, 0.15) is 44.7 Å². The van der Waals surface area contributed by atoms with Crippen LogP contribution in [0.5, 0.6) is 5.75 Å². The third-order valence-corrected chi connectivity index (χ3v) is 4.47. The van der Waals surface area contributed by atoms with E-state index in [1.54, 1.807) is 0 Å². The number of rotatable bonds is 6. The molecule has 0 saturated heterocycles. The van der Waals surface area contributed by atoms with Crippen molar-refractivity contribution in [2.24, 2.45) is 5.73 Å². The van der Waals surface area contributed by atoms with Crippen molar-refractivity contribution in [3.05, 3.63) is 29.8 Å². The zero-order valence-corrected chi connectivity index (χ0v) is 12.5. The molecule has 106 valence electrons. The number of nitrogens with two attached hydrogens (primary N) is 1. The smallest absolute Gasteiger partial charge is 0.119 e. The first-order valence-corrected chi connectivity index (χ1v) is 7.17. The van der Waals surface area contributed by atoms with E-state index in [9.17, 15) is 0 Å². The summed E-state index contributed by atoms with van der Waals surface area (Å²) in [5, 5.41) is 0. The lowest BCUT2D eigenvalue weighted by Gasteiger charge is -2.41. The van der Waals surface area contributed by atoms with Gasteiger partial charge in [-0.15, -0.1) is 0 Å². The number of hydrogen-bond donors (Lipinski definition) is 1. The fourth-order valence-corrected chi connectivity index (χ4v) is 2.31. The highest BCUT2D eigenvalue weighted by atomic mass is 16.5. The second-order valence-corrected chi connectivity index (χ2v) is 5.97. The van der Waals surface area contributed by atoms with Gasteiger partial charge in [0.25, 0.3) is 0 Å². The van der Waals surface area contributed by atoms with Gasteiger partial charge in [0.1, 0.15) is 5.75 Å². The van der Waals surface area contributed by atoms with Crippen LogP contribution in [0.15, 0.2) is 24.3 Å². The van der Waals surface area contributed by atoms with Crippen molar-refractivity contribution < 1.29 is 4.74 Å². The van der Waals surface area contributed by atoms with Crippen molar-refractivity contribution in [3.63, 3.8) is 0 Å². The van der Waals surface area contributed by atoms with Gasteiger partial charge in [0, 0.05) is 11.6 Å². The maximum Gasteiger partial charge on any atom is 0.119 e. The second-order valence-electron chi connectivity index (χ2n) is 5.97. The average molecular weight is 262 g/mol. The lowest BCUT2D eigenvalue weighted by Crippen LogP contribution is -2.49. The zero-order chi connectivity index (χ0) is 14.0. The lowest BCUT2D eigenvalue weighted by atomic mass is 9.84. The summed E-state index contributed by atoms with van der Waals surface area (Å²) in [6.07, 6.45) is 3.84. The third-order valence-electron chi connectivity index (χ3n) is 4.47. The molecule has 0 amide bonds. The minimum Gasteiger partial charge on any atom is -0.490 e. The number of benzene rings is 1. The fraction of sp³-hybridized carbons (Fsp3) is 0.625. The second kappa shape index (κ2) is 5.51. The van der Waals surface area contributed by atoms with E-state index in [1.165, 1.54) is 18.4 Å². The maximum absolute atomic E-state index is 6.47. The third kappa shape index (κ3) is 3.10. The molecule has 1 aliphatic rings. The van der Waals surface area contributed by atoms with Crippen LogP contribution in [0.25, 0.3) is 0 Å². The normalized spacial score (nSPS) is 20.1. The molecule has 2 rings (SSSR count). The van der Waals surface area contributed by atoms with Crippen LogP contribution >= 0.6 is 0 Å². The highest BCUT2D eigenvalue weighted by Gasteiger charge is 2.33. The number of nitrogens with zero attached hydrogens (tertiary/aromatic N) is 1. The summed E-state index contributed by atoms with van der Waals surface area (Å²) in [4.78, 5) is 2.21. The highest BCUT2D eigenvalue weighted by molar-refractivity contribution is 5.31. The molecule has 0 aliphatic heterocycles. The van der Waals surface area contributed by atoms with Crippen molar-refractivity contribution in [1.82, 2.24) is 4.90 Å². The Hall–Kier alpha value is -1.06. The predicted molar refractivity (Wildman–Crippen MR) is 79.4 cm³/mol. The zero-order valence-electron chi connectivity index (χ0n) is 12.5. The minimum atomic E-state index is -0.0289. The van der Waals surface area contributed by atoms with E-state index in [0.29, 0.717) is 6.10 Å². The predicted octanol–water partition coefficient (Wildman–Crippen LogP) is 2.96. The monoisotopic (exact) mass is 262 g/mol. The van der Waals surface area contributed by atoms with Gasteiger partial charge < -0.3 is 15.4 Å². The Bertz CT molecular complexity index is 411. The van der Waals surface area contributed by atoms with Crippen molar-refractivity contribution in [2.75, 3.05) is 14.1 Å². The molecule has 0 bridgehead atoms. The van der Waals surface area contributed by atoms with Crippen molar-refractivity contribution in [2.45, 2.75) is 50.8 Å². The van der Waals surface area contributed by atoms with Gasteiger partial charge in [-0.1, -0.05) is 19.1 Å². The molecule has 2 N–H and O–H groups in total. The first-order valence-electron chi connectivity index (χ1n) is 7.17. The molecule has 0 aromatic heterocycles. The Balaban J connectivity index is 2.11. The van der Waals surface area contributed by atoms with Gasteiger partial charge in [0.05, 0.1) is 6.10 Å². The summed E-state index contributed by atoms with van der Waals surface area (Å²) in [6, 6.07) is 8.28. The van der Waals surface area contributed by atoms with Crippen LogP contribution in [-0.2, 0) is 0 Å². The molecular formula is C16H26N2O. The van der Waals surface area contributed by atoms with E-state index in [4.69, 9.17) is 10.5 Å². The number of hydrogen-bond acceptors (Lipinski definition) is 3. The van der Waals surface area contributed by atoms with E-state index in [2.05, 4.69) is 45.0 Å². The first-order chi connectivity index (χ1) is 8.97. The van der Waals surface area contributed by atoms with Gasteiger partial charge in [0.15, 0.2) is 0 Å². The molecule has 1 fully saturated rings. The van der Waals surface area contributed by atoms with Crippen LogP contribution < -0.4 is 10.5 Å².